The van der Waals surface area contributed by atoms with E-state index in [0.717, 1.165) is 26.6 Å². The summed E-state index contributed by atoms with van der Waals surface area (Å²) in [5, 5.41) is 14.3. The highest BCUT2D eigenvalue weighted by Gasteiger charge is 2.14. The number of benzene rings is 1. The molecular weight excluding hydrogens is 334 g/mol. The molecule has 0 spiro atoms. The van der Waals surface area contributed by atoms with Crippen LogP contribution in [-0.2, 0) is 0 Å². The molecule has 3 nitrogen and oxygen atoms in total. The van der Waals surface area contributed by atoms with Gasteiger partial charge in [0, 0.05) is 10.0 Å². The fourth-order valence-corrected chi connectivity index (χ4v) is 3.10. The Balaban J connectivity index is 2.32. The van der Waals surface area contributed by atoms with E-state index in [4.69, 9.17) is 11.6 Å². The quantitative estimate of drug-likeness (QED) is 0.897. The number of rotatable bonds is 4. The molecule has 0 saturated carbocycles. The van der Waals surface area contributed by atoms with Crippen LogP contribution in [0.25, 0.3) is 10.6 Å². The molecule has 1 N–H and O–H groups in total. The third kappa shape index (κ3) is 3.09. The predicted octanol–water partition coefficient (Wildman–Crippen LogP) is 4.29. The number of halogens is 2. The molecule has 0 aliphatic rings. The summed E-state index contributed by atoms with van der Waals surface area (Å²) in [6.07, 6.45) is 0. The molecular formula is C12H13BrClN3S. The zero-order valence-electron chi connectivity index (χ0n) is 10.1. The van der Waals surface area contributed by atoms with Crippen molar-refractivity contribution in [3.63, 3.8) is 0 Å². The molecule has 0 aliphatic heterocycles. The summed E-state index contributed by atoms with van der Waals surface area (Å²) in [5.74, 6) is 0. The maximum Gasteiger partial charge on any atom is 0.149 e. The van der Waals surface area contributed by atoms with E-state index in [1.54, 1.807) is 11.3 Å². The molecule has 0 fully saturated rings. The van der Waals surface area contributed by atoms with Gasteiger partial charge in [-0.2, -0.15) is 0 Å². The summed E-state index contributed by atoms with van der Waals surface area (Å²) in [6, 6.07) is 5.95. The Kier molecular flexibility index (Phi) is 4.72. The van der Waals surface area contributed by atoms with Crippen LogP contribution in [0.5, 0.6) is 0 Å². The van der Waals surface area contributed by atoms with Gasteiger partial charge in [0.05, 0.1) is 11.1 Å². The average Bonchev–Trinajstić information content (AvgIpc) is 2.82. The van der Waals surface area contributed by atoms with E-state index >= 15 is 0 Å². The SMILES string of the molecule is CCNC(C)c1nnc(-c2cc(Br)ccc2Cl)s1. The van der Waals surface area contributed by atoms with Crippen LogP contribution in [0.2, 0.25) is 5.02 Å². The second-order valence-corrected chi connectivity index (χ2v) is 6.18. The van der Waals surface area contributed by atoms with Crippen molar-refractivity contribution >= 4 is 38.9 Å². The molecule has 96 valence electrons. The van der Waals surface area contributed by atoms with Gasteiger partial charge in [0.1, 0.15) is 10.0 Å². The highest BCUT2D eigenvalue weighted by Crippen LogP contribution is 2.33. The van der Waals surface area contributed by atoms with Crippen molar-refractivity contribution < 1.29 is 0 Å². The van der Waals surface area contributed by atoms with Crippen LogP contribution in [0.15, 0.2) is 22.7 Å². The Morgan fingerprint density at radius 3 is 2.94 bits per heavy atom. The Morgan fingerprint density at radius 1 is 1.44 bits per heavy atom. The molecule has 1 atom stereocenters. The Morgan fingerprint density at radius 2 is 2.22 bits per heavy atom. The van der Waals surface area contributed by atoms with Crippen molar-refractivity contribution in [3.05, 3.63) is 32.7 Å². The van der Waals surface area contributed by atoms with Crippen molar-refractivity contribution in [2.75, 3.05) is 6.54 Å². The molecule has 0 amide bonds. The number of nitrogens with one attached hydrogen (secondary N) is 1. The maximum absolute atomic E-state index is 6.18. The summed E-state index contributed by atoms with van der Waals surface area (Å²) in [5.41, 5.74) is 0.915. The molecule has 1 unspecified atom stereocenters. The summed E-state index contributed by atoms with van der Waals surface area (Å²) >= 11 is 11.2. The number of nitrogens with zero attached hydrogens (tertiary/aromatic N) is 2. The summed E-state index contributed by atoms with van der Waals surface area (Å²) in [7, 11) is 0. The van der Waals surface area contributed by atoms with Crippen LogP contribution in [0.4, 0.5) is 0 Å². The number of aromatic nitrogens is 2. The molecule has 0 radical (unpaired) electrons. The smallest absolute Gasteiger partial charge is 0.149 e. The fraction of sp³-hybridized carbons (Fsp3) is 0.333. The van der Waals surface area contributed by atoms with E-state index in [2.05, 4.69) is 45.3 Å². The van der Waals surface area contributed by atoms with Gasteiger partial charge in [-0.3, -0.25) is 0 Å². The summed E-state index contributed by atoms with van der Waals surface area (Å²) in [6.45, 7) is 5.06. The monoisotopic (exact) mass is 345 g/mol. The van der Waals surface area contributed by atoms with Gasteiger partial charge in [0.15, 0.2) is 0 Å². The van der Waals surface area contributed by atoms with Crippen LogP contribution >= 0.6 is 38.9 Å². The normalized spacial score (nSPS) is 12.7. The highest BCUT2D eigenvalue weighted by atomic mass is 79.9. The van der Waals surface area contributed by atoms with Crippen molar-refractivity contribution in [2.24, 2.45) is 0 Å². The van der Waals surface area contributed by atoms with Crippen LogP contribution in [0.1, 0.15) is 24.9 Å². The number of hydrogen-bond donors (Lipinski definition) is 1. The highest BCUT2D eigenvalue weighted by molar-refractivity contribution is 9.10. The third-order valence-corrected chi connectivity index (χ3v) is 4.44. The van der Waals surface area contributed by atoms with Gasteiger partial charge < -0.3 is 5.32 Å². The molecule has 2 rings (SSSR count). The first kappa shape index (κ1) is 13.9. The van der Waals surface area contributed by atoms with Gasteiger partial charge in [-0.25, -0.2) is 0 Å². The van der Waals surface area contributed by atoms with Gasteiger partial charge in [-0.15, -0.1) is 10.2 Å². The first-order valence-corrected chi connectivity index (χ1v) is 7.62. The van der Waals surface area contributed by atoms with Crippen molar-refractivity contribution in [1.82, 2.24) is 15.5 Å². The van der Waals surface area contributed by atoms with E-state index in [9.17, 15) is 0 Å². The van der Waals surface area contributed by atoms with E-state index in [1.165, 1.54) is 0 Å². The molecule has 1 aromatic heterocycles. The van der Waals surface area contributed by atoms with Crippen LogP contribution in [0, 0.1) is 0 Å². The van der Waals surface area contributed by atoms with Crippen molar-refractivity contribution in [3.8, 4) is 10.6 Å². The zero-order valence-corrected chi connectivity index (χ0v) is 13.2. The lowest BCUT2D eigenvalue weighted by molar-refractivity contribution is 0.590. The molecule has 1 heterocycles. The Hall–Kier alpha value is -0.490. The number of hydrogen-bond acceptors (Lipinski definition) is 4. The molecule has 1 aromatic carbocycles. The standard InChI is InChI=1S/C12H13BrClN3S/c1-3-15-7(2)11-16-17-12(18-11)9-6-8(13)4-5-10(9)14/h4-7,15H,3H2,1-2H3. The molecule has 2 aromatic rings. The second-order valence-electron chi connectivity index (χ2n) is 3.85. The molecule has 0 aliphatic carbocycles. The minimum atomic E-state index is 0.215. The second kappa shape index (κ2) is 6.10. The van der Waals surface area contributed by atoms with Crippen molar-refractivity contribution in [1.29, 1.82) is 0 Å². The van der Waals surface area contributed by atoms with Gasteiger partial charge in [0.25, 0.3) is 0 Å². The zero-order chi connectivity index (χ0) is 13.1. The Labute approximate surface area is 124 Å². The topological polar surface area (TPSA) is 37.8 Å². The average molecular weight is 347 g/mol. The van der Waals surface area contributed by atoms with Gasteiger partial charge >= 0.3 is 0 Å². The third-order valence-electron chi connectivity index (χ3n) is 2.48. The van der Waals surface area contributed by atoms with E-state index in [1.807, 2.05) is 18.2 Å². The van der Waals surface area contributed by atoms with E-state index < -0.39 is 0 Å². The minimum Gasteiger partial charge on any atom is -0.308 e. The lowest BCUT2D eigenvalue weighted by Crippen LogP contribution is -2.17. The molecule has 0 bridgehead atoms. The van der Waals surface area contributed by atoms with E-state index in [-0.39, 0.29) is 6.04 Å². The van der Waals surface area contributed by atoms with Crippen LogP contribution in [-0.4, -0.2) is 16.7 Å². The van der Waals surface area contributed by atoms with Gasteiger partial charge in [-0.1, -0.05) is 45.8 Å². The molecule has 6 heteroatoms. The molecule has 18 heavy (non-hydrogen) atoms. The van der Waals surface area contributed by atoms with Crippen molar-refractivity contribution in [2.45, 2.75) is 19.9 Å². The lowest BCUT2D eigenvalue weighted by atomic mass is 10.2. The largest absolute Gasteiger partial charge is 0.308 e. The summed E-state index contributed by atoms with van der Waals surface area (Å²) in [4.78, 5) is 0. The maximum atomic E-state index is 6.18. The Bertz CT molecular complexity index is 544. The first-order chi connectivity index (χ1) is 8.61. The van der Waals surface area contributed by atoms with Crippen LogP contribution in [0.3, 0.4) is 0 Å². The predicted molar refractivity (Wildman–Crippen MR) is 80.1 cm³/mol. The molecule has 0 saturated heterocycles. The minimum absolute atomic E-state index is 0.215. The van der Waals surface area contributed by atoms with Gasteiger partial charge in [-0.05, 0) is 31.7 Å². The van der Waals surface area contributed by atoms with E-state index in [0.29, 0.717) is 5.02 Å². The lowest BCUT2D eigenvalue weighted by Gasteiger charge is -2.06. The first-order valence-electron chi connectivity index (χ1n) is 5.64. The van der Waals surface area contributed by atoms with Crippen LogP contribution < -0.4 is 5.32 Å². The summed E-state index contributed by atoms with van der Waals surface area (Å²) < 4.78 is 0.985. The fourth-order valence-electron chi connectivity index (χ4n) is 1.57. The van der Waals surface area contributed by atoms with Gasteiger partial charge in [0.2, 0.25) is 0 Å².